The quantitative estimate of drug-likeness (QED) is 0.350. The number of nitrogens with zero attached hydrogens (tertiary/aromatic N) is 2. The second kappa shape index (κ2) is 10.2. The van der Waals surface area contributed by atoms with Crippen molar-refractivity contribution in [1.82, 2.24) is 9.73 Å². The number of sulfonamides is 1. The SMILES string of the molecule is C=CCOc1cccc(/C=N\NC(=O)CN(C)S(=O)(=O)c2ccc(Br)cc2)c1. The fraction of sp³-hybridized carbons (Fsp3) is 0.158. The summed E-state index contributed by atoms with van der Waals surface area (Å²) in [5.74, 6) is 0.0917. The number of rotatable bonds is 9. The lowest BCUT2D eigenvalue weighted by atomic mass is 10.2. The molecule has 7 nitrogen and oxygen atoms in total. The maximum absolute atomic E-state index is 12.5. The van der Waals surface area contributed by atoms with Crippen molar-refractivity contribution in [3.63, 3.8) is 0 Å². The van der Waals surface area contributed by atoms with Gasteiger partial charge in [0.15, 0.2) is 0 Å². The van der Waals surface area contributed by atoms with E-state index in [4.69, 9.17) is 4.74 Å². The predicted octanol–water partition coefficient (Wildman–Crippen LogP) is 2.78. The average molecular weight is 466 g/mol. The highest BCUT2D eigenvalue weighted by Crippen LogP contribution is 2.17. The van der Waals surface area contributed by atoms with E-state index in [1.807, 2.05) is 0 Å². The van der Waals surface area contributed by atoms with E-state index in [0.717, 1.165) is 14.3 Å². The van der Waals surface area contributed by atoms with Crippen LogP contribution in [-0.2, 0) is 14.8 Å². The van der Waals surface area contributed by atoms with Crippen molar-refractivity contribution in [2.75, 3.05) is 20.2 Å². The number of halogens is 1. The van der Waals surface area contributed by atoms with Gasteiger partial charge < -0.3 is 4.74 Å². The first-order valence-electron chi connectivity index (χ1n) is 8.20. The molecule has 28 heavy (non-hydrogen) atoms. The zero-order chi connectivity index (χ0) is 20.6. The summed E-state index contributed by atoms with van der Waals surface area (Å²) >= 11 is 3.25. The van der Waals surface area contributed by atoms with Gasteiger partial charge in [-0.05, 0) is 42.0 Å². The summed E-state index contributed by atoms with van der Waals surface area (Å²) in [7, 11) is -2.43. The number of ether oxygens (including phenoxy) is 1. The monoisotopic (exact) mass is 465 g/mol. The molecule has 0 saturated heterocycles. The second-order valence-corrected chi connectivity index (χ2v) is 8.64. The van der Waals surface area contributed by atoms with Crippen molar-refractivity contribution < 1.29 is 17.9 Å². The molecule has 0 aromatic heterocycles. The third-order valence-corrected chi connectivity index (χ3v) is 5.86. The van der Waals surface area contributed by atoms with E-state index in [0.29, 0.717) is 12.4 Å². The number of hydrazone groups is 1. The van der Waals surface area contributed by atoms with Gasteiger partial charge in [0.1, 0.15) is 12.4 Å². The number of nitrogens with one attached hydrogen (secondary N) is 1. The van der Waals surface area contributed by atoms with Crippen LogP contribution in [0.1, 0.15) is 5.56 Å². The largest absolute Gasteiger partial charge is 0.490 e. The third kappa shape index (κ3) is 6.29. The van der Waals surface area contributed by atoms with Gasteiger partial charge in [-0.25, -0.2) is 13.8 Å². The van der Waals surface area contributed by atoms with Gasteiger partial charge in [-0.3, -0.25) is 4.79 Å². The molecule has 0 saturated carbocycles. The van der Waals surface area contributed by atoms with E-state index >= 15 is 0 Å². The Hall–Kier alpha value is -2.49. The molecule has 0 spiro atoms. The summed E-state index contributed by atoms with van der Waals surface area (Å²) in [6, 6.07) is 13.3. The van der Waals surface area contributed by atoms with E-state index in [1.54, 1.807) is 42.5 Å². The van der Waals surface area contributed by atoms with Gasteiger partial charge in [0, 0.05) is 11.5 Å². The van der Waals surface area contributed by atoms with Crippen LogP contribution in [0, 0.1) is 0 Å². The Morgan fingerprint density at radius 2 is 2.00 bits per heavy atom. The van der Waals surface area contributed by atoms with E-state index in [2.05, 4.69) is 33.0 Å². The highest BCUT2D eigenvalue weighted by molar-refractivity contribution is 9.10. The van der Waals surface area contributed by atoms with Crippen LogP contribution in [0.5, 0.6) is 5.75 Å². The standard InChI is InChI=1S/C19H20BrN3O4S/c1-3-11-27-17-6-4-5-15(12-17)13-21-22-19(24)14-23(2)28(25,26)18-9-7-16(20)8-10-18/h3-10,12-13H,1,11,14H2,2H3,(H,22,24)/b21-13-. The molecule has 2 aromatic carbocycles. The molecular formula is C19H20BrN3O4S. The van der Waals surface area contributed by atoms with E-state index in [1.165, 1.54) is 25.4 Å². The summed E-state index contributed by atoms with van der Waals surface area (Å²) in [5.41, 5.74) is 3.04. The zero-order valence-corrected chi connectivity index (χ0v) is 17.6. The Labute approximate surface area is 172 Å². The molecule has 0 fully saturated rings. The number of hydrogen-bond acceptors (Lipinski definition) is 5. The number of likely N-dealkylation sites (N-methyl/N-ethyl adjacent to an activating group) is 1. The molecule has 0 aliphatic heterocycles. The lowest BCUT2D eigenvalue weighted by molar-refractivity contribution is -0.121. The Morgan fingerprint density at radius 1 is 1.29 bits per heavy atom. The van der Waals surface area contributed by atoms with Gasteiger partial charge in [-0.1, -0.05) is 40.7 Å². The summed E-state index contributed by atoms with van der Waals surface area (Å²) in [5, 5.41) is 3.85. The molecule has 0 aliphatic rings. The number of hydrogen-bond donors (Lipinski definition) is 1. The minimum atomic E-state index is -3.77. The smallest absolute Gasteiger partial charge is 0.255 e. The van der Waals surface area contributed by atoms with Crippen molar-refractivity contribution in [3.8, 4) is 5.75 Å². The molecule has 0 heterocycles. The first-order chi connectivity index (χ1) is 13.3. The fourth-order valence-corrected chi connectivity index (χ4v) is 3.52. The predicted molar refractivity (Wildman–Crippen MR) is 112 cm³/mol. The van der Waals surface area contributed by atoms with Crippen molar-refractivity contribution in [2.24, 2.45) is 5.10 Å². The van der Waals surface area contributed by atoms with Crippen molar-refractivity contribution in [1.29, 1.82) is 0 Å². The fourth-order valence-electron chi connectivity index (χ4n) is 2.13. The molecule has 0 unspecified atom stereocenters. The van der Waals surface area contributed by atoms with Crippen LogP contribution >= 0.6 is 15.9 Å². The first kappa shape index (κ1) is 21.8. The summed E-state index contributed by atoms with van der Waals surface area (Å²) < 4.78 is 32.1. The maximum atomic E-state index is 12.5. The van der Waals surface area contributed by atoms with Crippen LogP contribution in [0.25, 0.3) is 0 Å². The van der Waals surface area contributed by atoms with E-state index < -0.39 is 15.9 Å². The Bertz CT molecular complexity index is 959. The number of amides is 1. The van der Waals surface area contributed by atoms with E-state index in [-0.39, 0.29) is 11.4 Å². The van der Waals surface area contributed by atoms with Crippen LogP contribution in [0.15, 0.2) is 75.7 Å². The Balaban J connectivity index is 1.93. The van der Waals surface area contributed by atoms with Gasteiger partial charge in [0.25, 0.3) is 5.91 Å². The van der Waals surface area contributed by atoms with Crippen molar-refractivity contribution in [3.05, 3.63) is 71.2 Å². The third-order valence-electron chi connectivity index (χ3n) is 3.52. The normalized spacial score (nSPS) is 11.5. The van der Waals surface area contributed by atoms with Crippen LogP contribution in [0.3, 0.4) is 0 Å². The highest BCUT2D eigenvalue weighted by atomic mass is 79.9. The van der Waals surface area contributed by atoms with Crippen LogP contribution in [0.4, 0.5) is 0 Å². The summed E-state index contributed by atoms with van der Waals surface area (Å²) in [6.45, 7) is 3.61. The molecule has 0 aliphatic carbocycles. The molecule has 0 bridgehead atoms. The Kier molecular flexibility index (Phi) is 7.91. The lowest BCUT2D eigenvalue weighted by Crippen LogP contribution is -2.36. The molecule has 2 rings (SSSR count). The van der Waals surface area contributed by atoms with Crippen LogP contribution < -0.4 is 10.2 Å². The average Bonchev–Trinajstić information content (AvgIpc) is 2.67. The second-order valence-electron chi connectivity index (χ2n) is 5.68. The van der Waals surface area contributed by atoms with Gasteiger partial charge in [0.05, 0.1) is 17.7 Å². The number of benzene rings is 2. The first-order valence-corrected chi connectivity index (χ1v) is 10.4. The summed E-state index contributed by atoms with van der Waals surface area (Å²) in [6.07, 6.45) is 3.09. The minimum absolute atomic E-state index is 0.103. The summed E-state index contributed by atoms with van der Waals surface area (Å²) in [4.78, 5) is 12.1. The Morgan fingerprint density at radius 3 is 2.68 bits per heavy atom. The lowest BCUT2D eigenvalue weighted by Gasteiger charge is -2.16. The molecule has 0 atom stereocenters. The van der Waals surface area contributed by atoms with Gasteiger partial charge in [0.2, 0.25) is 10.0 Å². The highest BCUT2D eigenvalue weighted by Gasteiger charge is 2.22. The molecule has 9 heteroatoms. The van der Waals surface area contributed by atoms with Gasteiger partial charge >= 0.3 is 0 Å². The molecule has 1 N–H and O–H groups in total. The molecule has 148 valence electrons. The number of carbonyl (C=O) groups is 1. The van der Waals surface area contributed by atoms with Crippen LogP contribution in [-0.4, -0.2) is 45.0 Å². The van der Waals surface area contributed by atoms with Gasteiger partial charge in [-0.15, -0.1) is 0 Å². The molecule has 1 amide bonds. The molecule has 2 aromatic rings. The maximum Gasteiger partial charge on any atom is 0.255 e. The van der Waals surface area contributed by atoms with E-state index in [9.17, 15) is 13.2 Å². The minimum Gasteiger partial charge on any atom is -0.490 e. The molecule has 0 radical (unpaired) electrons. The van der Waals surface area contributed by atoms with Gasteiger partial charge in [-0.2, -0.15) is 9.41 Å². The number of carbonyl (C=O) groups excluding carboxylic acids is 1. The van der Waals surface area contributed by atoms with Crippen molar-refractivity contribution in [2.45, 2.75) is 4.90 Å². The van der Waals surface area contributed by atoms with Crippen LogP contribution in [0.2, 0.25) is 0 Å². The topological polar surface area (TPSA) is 88.1 Å². The molecular weight excluding hydrogens is 446 g/mol. The zero-order valence-electron chi connectivity index (χ0n) is 15.2. The van der Waals surface area contributed by atoms with Crippen molar-refractivity contribution >= 4 is 38.1 Å².